The molecule has 1 heterocycles. The van der Waals surface area contributed by atoms with E-state index in [1.807, 2.05) is 26.8 Å². The van der Waals surface area contributed by atoms with Crippen LogP contribution in [0.15, 0.2) is 17.0 Å². The highest BCUT2D eigenvalue weighted by molar-refractivity contribution is 7.99. The highest BCUT2D eigenvalue weighted by Crippen LogP contribution is 2.34. The molecule has 4 N–H and O–H groups in total. The number of benzene rings is 1. The van der Waals surface area contributed by atoms with Crippen molar-refractivity contribution in [2.45, 2.75) is 31.3 Å². The minimum atomic E-state index is -0.500. The van der Waals surface area contributed by atoms with Crippen molar-refractivity contribution in [3.63, 3.8) is 0 Å². The number of rotatable bonds is 4. The van der Waals surface area contributed by atoms with Crippen LogP contribution in [0.4, 0.5) is 9.93 Å². The monoisotopic (exact) mass is 341 g/mol. The molecule has 2 rings (SSSR count). The maximum absolute atomic E-state index is 11.5. The van der Waals surface area contributed by atoms with Gasteiger partial charge in [-0.15, -0.1) is 11.8 Å². The summed E-state index contributed by atoms with van der Waals surface area (Å²) in [6.07, 6.45) is -0.429. The van der Waals surface area contributed by atoms with Crippen LogP contribution >= 0.6 is 23.1 Å². The van der Waals surface area contributed by atoms with E-state index in [1.54, 1.807) is 6.07 Å². The van der Waals surface area contributed by atoms with Crippen LogP contribution in [0.5, 0.6) is 5.75 Å². The summed E-state index contributed by atoms with van der Waals surface area (Å²) in [5.74, 6) is 0.784. The number of fused-ring (bicyclic) bond motifs is 1. The Morgan fingerprint density at radius 1 is 1.50 bits per heavy atom. The van der Waals surface area contributed by atoms with Gasteiger partial charge in [0.05, 0.1) is 4.70 Å². The van der Waals surface area contributed by atoms with Gasteiger partial charge in [-0.3, -0.25) is 0 Å². The van der Waals surface area contributed by atoms with E-state index in [2.05, 4.69) is 10.3 Å². The molecule has 1 aromatic heterocycles. The topological polar surface area (TPSA) is 97.5 Å². The molecule has 0 aliphatic carbocycles. The number of nitrogens with one attached hydrogen (secondary N) is 1. The van der Waals surface area contributed by atoms with Gasteiger partial charge in [0.1, 0.15) is 16.9 Å². The molecular weight excluding hydrogens is 322 g/mol. The number of alkyl carbamates (subject to hydrolysis) is 1. The standard InChI is InChI=1S/C14H19N3O3S2/c1-14(2,3)20-13(19)16-4-5-21-8-6-9(18)11-10(7-8)22-12(15)17-11/h6-7,18H,4-5H2,1-3H3,(H2,15,17)(H,16,19). The van der Waals surface area contributed by atoms with Crippen LogP contribution in [0.3, 0.4) is 0 Å². The average Bonchev–Trinajstić information content (AvgIpc) is 2.74. The fourth-order valence-corrected chi connectivity index (χ4v) is 3.43. The van der Waals surface area contributed by atoms with E-state index in [4.69, 9.17) is 10.5 Å². The molecule has 0 bridgehead atoms. The third-order valence-electron chi connectivity index (χ3n) is 2.50. The Morgan fingerprint density at radius 3 is 2.91 bits per heavy atom. The first-order valence-corrected chi connectivity index (χ1v) is 8.53. The fourth-order valence-electron chi connectivity index (χ4n) is 1.72. The molecule has 0 aliphatic heterocycles. The molecule has 8 heteroatoms. The zero-order valence-electron chi connectivity index (χ0n) is 12.7. The van der Waals surface area contributed by atoms with Crippen LogP contribution in [0.1, 0.15) is 20.8 Å². The van der Waals surface area contributed by atoms with E-state index in [-0.39, 0.29) is 5.75 Å². The van der Waals surface area contributed by atoms with Crippen molar-refractivity contribution in [3.05, 3.63) is 12.1 Å². The number of nitrogens with zero attached hydrogens (tertiary/aromatic N) is 1. The number of phenols is 1. The van der Waals surface area contributed by atoms with Crippen LogP contribution in [0, 0.1) is 0 Å². The van der Waals surface area contributed by atoms with Crippen LogP contribution in [-0.2, 0) is 4.74 Å². The van der Waals surface area contributed by atoms with E-state index in [0.717, 1.165) is 9.60 Å². The van der Waals surface area contributed by atoms with Crippen LogP contribution < -0.4 is 11.1 Å². The molecular formula is C14H19N3O3S2. The summed E-state index contributed by atoms with van der Waals surface area (Å²) in [4.78, 5) is 16.5. The van der Waals surface area contributed by atoms with Gasteiger partial charge in [0.2, 0.25) is 0 Å². The first kappa shape index (κ1) is 16.7. The molecule has 6 nitrogen and oxygen atoms in total. The lowest BCUT2D eigenvalue weighted by molar-refractivity contribution is 0.0531. The molecule has 0 unspecified atom stereocenters. The second-order valence-electron chi connectivity index (χ2n) is 5.62. The SMILES string of the molecule is CC(C)(C)OC(=O)NCCSc1cc(O)c2nc(N)sc2c1. The van der Waals surface area contributed by atoms with Gasteiger partial charge in [0.25, 0.3) is 0 Å². The van der Waals surface area contributed by atoms with Crippen molar-refractivity contribution in [3.8, 4) is 5.75 Å². The molecule has 1 amide bonds. The second-order valence-corrected chi connectivity index (χ2v) is 7.85. The molecule has 0 spiro atoms. The number of carbonyl (C=O) groups is 1. The van der Waals surface area contributed by atoms with Crippen LogP contribution in [0.2, 0.25) is 0 Å². The van der Waals surface area contributed by atoms with E-state index >= 15 is 0 Å². The Labute approximate surface area is 137 Å². The lowest BCUT2D eigenvalue weighted by Crippen LogP contribution is -2.33. The van der Waals surface area contributed by atoms with Gasteiger partial charge in [0, 0.05) is 17.2 Å². The highest BCUT2D eigenvalue weighted by Gasteiger charge is 2.15. The van der Waals surface area contributed by atoms with Gasteiger partial charge in [0.15, 0.2) is 5.13 Å². The molecule has 22 heavy (non-hydrogen) atoms. The number of ether oxygens (including phenoxy) is 1. The number of amides is 1. The van der Waals surface area contributed by atoms with Crippen LogP contribution in [-0.4, -0.2) is 34.1 Å². The summed E-state index contributed by atoms with van der Waals surface area (Å²) >= 11 is 2.86. The summed E-state index contributed by atoms with van der Waals surface area (Å²) in [7, 11) is 0. The van der Waals surface area contributed by atoms with Crippen molar-refractivity contribution < 1.29 is 14.6 Å². The molecule has 0 saturated heterocycles. The number of anilines is 1. The molecule has 1 aromatic carbocycles. The van der Waals surface area contributed by atoms with Gasteiger partial charge in [-0.05, 0) is 32.9 Å². The lowest BCUT2D eigenvalue weighted by atomic mass is 10.2. The zero-order valence-corrected chi connectivity index (χ0v) is 14.3. The normalized spacial score (nSPS) is 11.6. The van der Waals surface area contributed by atoms with Crippen molar-refractivity contribution in [2.75, 3.05) is 18.0 Å². The van der Waals surface area contributed by atoms with E-state index in [9.17, 15) is 9.90 Å². The Bertz CT molecular complexity index is 680. The van der Waals surface area contributed by atoms with E-state index in [1.165, 1.54) is 23.1 Å². The Kier molecular flexibility index (Phi) is 5.02. The summed E-state index contributed by atoms with van der Waals surface area (Å²) in [6, 6.07) is 3.58. The van der Waals surface area contributed by atoms with E-state index in [0.29, 0.717) is 22.9 Å². The molecule has 0 saturated carbocycles. The first-order valence-electron chi connectivity index (χ1n) is 6.73. The number of thioether (sulfide) groups is 1. The van der Waals surface area contributed by atoms with Crippen molar-refractivity contribution in [1.82, 2.24) is 10.3 Å². The fraction of sp³-hybridized carbons (Fsp3) is 0.429. The molecule has 0 aliphatic rings. The smallest absolute Gasteiger partial charge is 0.407 e. The predicted molar refractivity (Wildman–Crippen MR) is 90.7 cm³/mol. The lowest BCUT2D eigenvalue weighted by Gasteiger charge is -2.19. The number of thiazole rings is 1. The van der Waals surface area contributed by atoms with Gasteiger partial charge >= 0.3 is 6.09 Å². The Morgan fingerprint density at radius 2 is 2.23 bits per heavy atom. The van der Waals surface area contributed by atoms with Gasteiger partial charge in [-0.2, -0.15) is 0 Å². The van der Waals surface area contributed by atoms with Crippen molar-refractivity contribution in [2.24, 2.45) is 0 Å². The largest absolute Gasteiger partial charge is 0.506 e. The quantitative estimate of drug-likeness (QED) is 0.583. The summed E-state index contributed by atoms with van der Waals surface area (Å²) < 4.78 is 6.00. The number of carbonyl (C=O) groups excluding carboxylic acids is 1. The number of phenolic OH excluding ortho intramolecular Hbond substituents is 1. The van der Waals surface area contributed by atoms with Crippen molar-refractivity contribution in [1.29, 1.82) is 0 Å². The van der Waals surface area contributed by atoms with Gasteiger partial charge in [-0.1, -0.05) is 11.3 Å². The number of nitrogen functional groups attached to an aromatic ring is 1. The number of hydrogen-bond donors (Lipinski definition) is 3. The van der Waals surface area contributed by atoms with E-state index < -0.39 is 11.7 Å². The maximum atomic E-state index is 11.5. The third-order valence-corrected chi connectivity index (χ3v) is 4.31. The average molecular weight is 341 g/mol. The minimum Gasteiger partial charge on any atom is -0.506 e. The molecule has 0 radical (unpaired) electrons. The number of aromatic hydroxyl groups is 1. The summed E-state index contributed by atoms with van der Waals surface area (Å²) in [5, 5.41) is 13.0. The minimum absolute atomic E-state index is 0.119. The zero-order chi connectivity index (χ0) is 16.3. The number of hydrogen-bond acceptors (Lipinski definition) is 7. The molecule has 120 valence electrons. The third kappa shape index (κ3) is 4.67. The molecule has 0 atom stereocenters. The van der Waals surface area contributed by atoms with Crippen molar-refractivity contribution >= 4 is 44.5 Å². The Balaban J connectivity index is 1.86. The Hall–Kier alpha value is -1.67. The van der Waals surface area contributed by atoms with Gasteiger partial charge < -0.3 is 20.9 Å². The first-order chi connectivity index (χ1) is 10.2. The summed E-state index contributed by atoms with van der Waals surface area (Å²) in [6.45, 7) is 5.93. The summed E-state index contributed by atoms with van der Waals surface area (Å²) in [5.41, 5.74) is 5.67. The molecule has 0 fully saturated rings. The number of aromatic nitrogens is 1. The van der Waals surface area contributed by atoms with Crippen LogP contribution in [0.25, 0.3) is 10.2 Å². The highest BCUT2D eigenvalue weighted by atomic mass is 32.2. The maximum Gasteiger partial charge on any atom is 0.407 e. The van der Waals surface area contributed by atoms with Gasteiger partial charge in [-0.25, -0.2) is 9.78 Å². The second kappa shape index (κ2) is 6.62. The number of nitrogens with two attached hydrogens (primary N) is 1. The predicted octanol–water partition coefficient (Wildman–Crippen LogP) is 3.20. The molecule has 2 aromatic rings.